The van der Waals surface area contributed by atoms with Crippen molar-refractivity contribution in [1.29, 1.82) is 0 Å². The minimum Gasteiger partial charge on any atom is -0.261 e. The van der Waals surface area contributed by atoms with Gasteiger partial charge in [0, 0.05) is 37.6 Å². The average Bonchev–Trinajstić information content (AvgIpc) is 3.07. The lowest BCUT2D eigenvalue weighted by atomic mass is 10.1. The maximum atomic E-state index is 12.7. The van der Waals surface area contributed by atoms with Crippen molar-refractivity contribution >= 4 is 21.4 Å². The van der Waals surface area contributed by atoms with Gasteiger partial charge < -0.3 is 0 Å². The van der Waals surface area contributed by atoms with Gasteiger partial charge in [-0.05, 0) is 20.3 Å². The molecule has 0 amide bonds. The maximum Gasteiger partial charge on any atom is 0.254 e. The summed E-state index contributed by atoms with van der Waals surface area (Å²) in [5.74, 6) is 0.114. The van der Waals surface area contributed by atoms with Gasteiger partial charge >= 0.3 is 0 Å². The molecule has 2 aromatic rings. The number of hydrogen-bond acceptors (Lipinski definition) is 6. The van der Waals surface area contributed by atoms with Crippen LogP contribution in [0.5, 0.6) is 0 Å². The molecule has 0 N–H and O–H groups in total. The van der Waals surface area contributed by atoms with Gasteiger partial charge in [0.15, 0.2) is 4.21 Å². The molecule has 0 aromatic carbocycles. The van der Waals surface area contributed by atoms with Crippen molar-refractivity contribution in [3.63, 3.8) is 0 Å². The summed E-state index contributed by atoms with van der Waals surface area (Å²) in [6.45, 7) is 4.53. The Kier molecular flexibility index (Phi) is 3.76. The number of rotatable bonds is 3. The summed E-state index contributed by atoms with van der Waals surface area (Å²) in [6.07, 6.45) is 5.75. The van der Waals surface area contributed by atoms with Crippen LogP contribution in [-0.4, -0.2) is 40.8 Å². The number of aryl methyl sites for hydroxylation is 2. The number of hydrogen-bond donors (Lipinski definition) is 0. The summed E-state index contributed by atoms with van der Waals surface area (Å²) in [6, 6.07) is 0. The molecule has 8 heteroatoms. The van der Waals surface area contributed by atoms with E-state index in [1.54, 1.807) is 25.5 Å². The van der Waals surface area contributed by atoms with Crippen molar-refractivity contribution in [2.24, 2.45) is 0 Å². The molecule has 0 saturated carbocycles. The molecule has 6 nitrogen and oxygen atoms in total. The number of thiazole rings is 1. The van der Waals surface area contributed by atoms with Gasteiger partial charge in [0.1, 0.15) is 0 Å². The molecule has 0 spiro atoms. The molecule has 0 aliphatic carbocycles. The first-order chi connectivity index (χ1) is 9.98. The van der Waals surface area contributed by atoms with Crippen LogP contribution in [-0.2, 0) is 10.0 Å². The van der Waals surface area contributed by atoms with Crippen molar-refractivity contribution in [2.75, 3.05) is 13.1 Å². The molecular formula is C13H16N4O2S2. The molecule has 1 aliphatic rings. The third-order valence-electron chi connectivity index (χ3n) is 3.59. The molecule has 1 unspecified atom stereocenters. The molecular weight excluding hydrogens is 308 g/mol. The lowest BCUT2D eigenvalue weighted by molar-refractivity contribution is 0.473. The fourth-order valence-corrected chi connectivity index (χ4v) is 5.70. The summed E-state index contributed by atoms with van der Waals surface area (Å²) < 4.78 is 27.3. The Morgan fingerprint density at radius 2 is 2.14 bits per heavy atom. The Hall–Kier alpha value is -1.38. The minimum atomic E-state index is -3.45. The van der Waals surface area contributed by atoms with Crippen LogP contribution in [0.3, 0.4) is 0 Å². The van der Waals surface area contributed by atoms with E-state index in [0.29, 0.717) is 23.0 Å². The quantitative estimate of drug-likeness (QED) is 0.859. The summed E-state index contributed by atoms with van der Waals surface area (Å²) in [7, 11) is -3.45. The predicted octanol–water partition coefficient (Wildman–Crippen LogP) is 1.73. The fourth-order valence-electron chi connectivity index (χ4n) is 2.58. The van der Waals surface area contributed by atoms with E-state index in [4.69, 9.17) is 0 Å². The van der Waals surface area contributed by atoms with Crippen molar-refractivity contribution in [3.8, 4) is 0 Å². The Labute approximate surface area is 127 Å². The summed E-state index contributed by atoms with van der Waals surface area (Å²) >= 11 is 1.24. The molecule has 3 rings (SSSR count). The van der Waals surface area contributed by atoms with Gasteiger partial charge in [-0.25, -0.2) is 13.4 Å². The zero-order valence-corrected chi connectivity index (χ0v) is 13.5. The first-order valence-corrected chi connectivity index (χ1v) is 8.94. The highest BCUT2D eigenvalue weighted by Crippen LogP contribution is 2.32. The van der Waals surface area contributed by atoms with E-state index < -0.39 is 10.0 Å². The zero-order chi connectivity index (χ0) is 15.0. The van der Waals surface area contributed by atoms with Crippen LogP contribution in [0.4, 0.5) is 0 Å². The molecule has 3 heterocycles. The van der Waals surface area contributed by atoms with E-state index in [-0.39, 0.29) is 5.92 Å². The lowest BCUT2D eigenvalue weighted by Gasteiger charge is -2.15. The predicted molar refractivity (Wildman–Crippen MR) is 79.7 cm³/mol. The van der Waals surface area contributed by atoms with Crippen molar-refractivity contribution < 1.29 is 8.42 Å². The van der Waals surface area contributed by atoms with Crippen molar-refractivity contribution in [2.45, 2.75) is 30.4 Å². The van der Waals surface area contributed by atoms with Gasteiger partial charge in [-0.3, -0.25) is 9.97 Å². The normalized spacial score (nSPS) is 20.0. The first kappa shape index (κ1) is 14.6. The SMILES string of the molecule is Cc1nc(C)c(S(=O)(=O)N2CCC(c3cnccn3)C2)s1. The van der Waals surface area contributed by atoms with E-state index >= 15 is 0 Å². The standard InChI is InChI=1S/C13H16N4O2S2/c1-9-13(20-10(2)16-9)21(18,19)17-6-3-11(8-17)12-7-14-4-5-15-12/h4-5,7,11H,3,6,8H2,1-2H3. The van der Waals surface area contributed by atoms with Crippen molar-refractivity contribution in [1.82, 2.24) is 19.3 Å². The van der Waals surface area contributed by atoms with Crippen LogP contribution in [0, 0.1) is 13.8 Å². The summed E-state index contributed by atoms with van der Waals surface area (Å²) in [5.41, 5.74) is 1.44. The van der Waals surface area contributed by atoms with E-state index in [1.807, 2.05) is 6.92 Å². The van der Waals surface area contributed by atoms with Crippen LogP contribution in [0.2, 0.25) is 0 Å². The summed E-state index contributed by atoms with van der Waals surface area (Å²) in [4.78, 5) is 12.5. The fraction of sp³-hybridized carbons (Fsp3) is 0.462. The monoisotopic (exact) mass is 324 g/mol. The van der Waals surface area contributed by atoms with Gasteiger partial charge in [-0.2, -0.15) is 4.31 Å². The lowest BCUT2D eigenvalue weighted by Crippen LogP contribution is -2.28. The highest BCUT2D eigenvalue weighted by atomic mass is 32.2. The molecule has 0 bridgehead atoms. The second-order valence-electron chi connectivity index (χ2n) is 5.08. The molecule has 1 fully saturated rings. The van der Waals surface area contributed by atoms with Gasteiger partial charge in [-0.1, -0.05) is 0 Å². The van der Waals surface area contributed by atoms with Crippen LogP contribution < -0.4 is 0 Å². The maximum absolute atomic E-state index is 12.7. The smallest absolute Gasteiger partial charge is 0.254 e. The molecule has 1 aliphatic heterocycles. The Morgan fingerprint density at radius 3 is 2.76 bits per heavy atom. The summed E-state index contributed by atoms with van der Waals surface area (Å²) in [5, 5.41) is 0.774. The first-order valence-electron chi connectivity index (χ1n) is 6.68. The topological polar surface area (TPSA) is 76.1 Å². The van der Waals surface area contributed by atoms with E-state index in [2.05, 4.69) is 15.0 Å². The Morgan fingerprint density at radius 1 is 1.33 bits per heavy atom. The van der Waals surface area contributed by atoms with Crippen LogP contribution in [0.1, 0.15) is 28.7 Å². The van der Waals surface area contributed by atoms with E-state index in [0.717, 1.165) is 17.1 Å². The number of nitrogens with zero attached hydrogens (tertiary/aromatic N) is 4. The minimum absolute atomic E-state index is 0.114. The van der Waals surface area contributed by atoms with Gasteiger partial charge in [0.25, 0.3) is 10.0 Å². The van der Waals surface area contributed by atoms with Gasteiger partial charge in [0.2, 0.25) is 0 Å². The zero-order valence-electron chi connectivity index (χ0n) is 11.9. The second kappa shape index (κ2) is 5.43. The molecule has 21 heavy (non-hydrogen) atoms. The van der Waals surface area contributed by atoms with Gasteiger partial charge in [0.05, 0.1) is 16.4 Å². The van der Waals surface area contributed by atoms with E-state index in [9.17, 15) is 8.42 Å². The van der Waals surface area contributed by atoms with Crippen LogP contribution >= 0.6 is 11.3 Å². The van der Waals surface area contributed by atoms with Crippen LogP contribution in [0.25, 0.3) is 0 Å². The van der Waals surface area contributed by atoms with Gasteiger partial charge in [-0.15, -0.1) is 11.3 Å². The molecule has 0 radical (unpaired) electrons. The Bertz CT molecular complexity index is 743. The second-order valence-corrected chi connectivity index (χ2v) is 8.42. The van der Waals surface area contributed by atoms with Crippen LogP contribution in [0.15, 0.2) is 22.8 Å². The largest absolute Gasteiger partial charge is 0.261 e. The van der Waals surface area contributed by atoms with E-state index in [1.165, 1.54) is 15.6 Å². The highest BCUT2D eigenvalue weighted by molar-refractivity contribution is 7.91. The average molecular weight is 324 g/mol. The number of aromatic nitrogens is 3. The molecule has 1 atom stereocenters. The Balaban J connectivity index is 1.84. The third-order valence-corrected chi connectivity index (χ3v) is 7.11. The van der Waals surface area contributed by atoms with Crippen molar-refractivity contribution in [3.05, 3.63) is 35.0 Å². The number of sulfonamides is 1. The third kappa shape index (κ3) is 2.70. The molecule has 112 valence electrons. The highest BCUT2D eigenvalue weighted by Gasteiger charge is 2.35. The molecule has 1 saturated heterocycles. The molecule has 2 aromatic heterocycles.